The molecule has 5 heteroatoms. The minimum atomic E-state index is -0.754. The fourth-order valence-electron chi connectivity index (χ4n) is 6.78. The number of hydrogen-bond donors (Lipinski definition) is 1. The number of hydrogen-bond acceptors (Lipinski definition) is 4. The minimum Gasteiger partial charge on any atom is -0.481 e. The van der Waals surface area contributed by atoms with E-state index in [0.29, 0.717) is 12.3 Å². The van der Waals surface area contributed by atoms with Crippen molar-refractivity contribution in [3.05, 3.63) is 59.3 Å². The van der Waals surface area contributed by atoms with Crippen molar-refractivity contribution in [1.29, 1.82) is 0 Å². The summed E-state index contributed by atoms with van der Waals surface area (Å²) in [4.78, 5) is 16.0. The van der Waals surface area contributed by atoms with Gasteiger partial charge in [0.1, 0.15) is 12.0 Å². The first-order chi connectivity index (χ1) is 17.7. The van der Waals surface area contributed by atoms with Crippen LogP contribution in [0.3, 0.4) is 0 Å². The highest BCUT2D eigenvalue weighted by Gasteiger charge is 2.51. The van der Waals surface area contributed by atoms with E-state index in [1.54, 1.807) is 6.26 Å². The van der Waals surface area contributed by atoms with Gasteiger partial charge in [0.15, 0.2) is 0 Å². The predicted octanol–water partition coefficient (Wildman–Crippen LogP) is 7.35. The van der Waals surface area contributed by atoms with E-state index in [0.717, 1.165) is 48.7 Å². The average molecular weight is 492 g/mol. The Kier molecular flexibility index (Phi) is 8.58. The quantitative estimate of drug-likeness (QED) is 0.314. The number of fused-ring (bicyclic) bond motifs is 2. The van der Waals surface area contributed by atoms with Crippen molar-refractivity contribution in [3.8, 4) is 0 Å². The summed E-state index contributed by atoms with van der Waals surface area (Å²) in [5.41, 5.74) is 3.26. The van der Waals surface area contributed by atoms with E-state index in [4.69, 9.17) is 19.2 Å². The average Bonchev–Trinajstić information content (AvgIpc) is 3.63. The molecule has 0 radical (unpaired) electrons. The van der Waals surface area contributed by atoms with E-state index >= 15 is 0 Å². The van der Waals surface area contributed by atoms with Crippen LogP contribution in [0.25, 0.3) is 6.08 Å². The third-order valence-corrected chi connectivity index (χ3v) is 8.68. The van der Waals surface area contributed by atoms with E-state index in [-0.39, 0.29) is 24.5 Å². The van der Waals surface area contributed by atoms with E-state index < -0.39 is 5.97 Å². The second-order valence-corrected chi connectivity index (χ2v) is 11.1. The first kappa shape index (κ1) is 25.3. The number of carboxylic acid groups (broad SMARTS) is 1. The Labute approximate surface area is 215 Å². The second-order valence-electron chi connectivity index (χ2n) is 11.1. The molecule has 2 aliphatic heterocycles. The lowest BCUT2D eigenvalue weighted by Gasteiger charge is -2.26. The first-order valence-electron chi connectivity index (χ1n) is 14.2. The number of rotatable bonds is 12. The minimum absolute atomic E-state index is 0.156. The van der Waals surface area contributed by atoms with Gasteiger partial charge in [0.25, 0.3) is 0 Å². The summed E-state index contributed by atoms with van der Waals surface area (Å²) in [5.74, 6) is 1.49. The number of carbonyl (C=O) groups is 1. The summed E-state index contributed by atoms with van der Waals surface area (Å²) in [6, 6.07) is 8.24. The summed E-state index contributed by atoms with van der Waals surface area (Å²) in [6.45, 7) is 0. The van der Waals surface area contributed by atoms with Crippen LogP contribution in [0.1, 0.15) is 106 Å². The van der Waals surface area contributed by atoms with E-state index in [1.807, 2.05) is 12.1 Å². The van der Waals surface area contributed by atoms with Crippen LogP contribution in [-0.2, 0) is 22.4 Å². The van der Waals surface area contributed by atoms with Gasteiger partial charge in [-0.05, 0) is 61.6 Å². The standard InChI is InChI=1S/C31H41NO4/c33-29(34)19-16-23-13-8-9-14-24(23)20-26-27-17-18-28(36-27)30(26)31-32-25(21-35-31)15-7-2-1-4-10-22-11-5-3-6-12-22/h7-9,13-15,21-22,26-28,30H,1-6,10-12,16-20H2,(H,33,34)/b15-7+/t26-,27-,28+,30-/m0/s1. The van der Waals surface area contributed by atoms with Crippen LogP contribution in [0.4, 0.5) is 0 Å². The molecule has 1 aromatic heterocycles. The molecule has 3 fully saturated rings. The number of ether oxygens (including phenoxy) is 1. The molecule has 2 aromatic rings. The monoisotopic (exact) mass is 491 g/mol. The molecule has 0 spiro atoms. The number of aryl methyl sites for hydroxylation is 1. The van der Waals surface area contributed by atoms with Gasteiger partial charge >= 0.3 is 5.97 Å². The van der Waals surface area contributed by atoms with Crippen molar-refractivity contribution in [2.24, 2.45) is 11.8 Å². The Morgan fingerprint density at radius 3 is 2.67 bits per heavy atom. The van der Waals surface area contributed by atoms with Gasteiger partial charge < -0.3 is 14.3 Å². The topological polar surface area (TPSA) is 72.6 Å². The summed E-state index contributed by atoms with van der Waals surface area (Å²) in [7, 11) is 0. The molecule has 36 heavy (non-hydrogen) atoms. The number of benzene rings is 1. The number of unbranched alkanes of at least 4 members (excludes halogenated alkanes) is 2. The molecule has 5 rings (SSSR count). The number of oxazole rings is 1. The Morgan fingerprint density at radius 1 is 1.03 bits per heavy atom. The molecular formula is C31H41NO4. The number of nitrogens with zero attached hydrogens (tertiary/aromatic N) is 1. The Balaban J connectivity index is 1.17. The molecule has 4 atom stereocenters. The van der Waals surface area contributed by atoms with E-state index in [9.17, 15) is 4.79 Å². The highest BCUT2D eigenvalue weighted by atomic mass is 16.5. The molecule has 1 aromatic carbocycles. The van der Waals surface area contributed by atoms with Gasteiger partial charge in [0, 0.05) is 12.3 Å². The van der Waals surface area contributed by atoms with Crippen molar-refractivity contribution >= 4 is 12.0 Å². The maximum Gasteiger partial charge on any atom is 0.303 e. The number of aromatic nitrogens is 1. The summed E-state index contributed by atoms with van der Waals surface area (Å²) < 4.78 is 12.4. The van der Waals surface area contributed by atoms with Crippen LogP contribution in [0.2, 0.25) is 0 Å². The number of carboxylic acids is 1. The van der Waals surface area contributed by atoms with Crippen molar-refractivity contribution in [2.75, 3.05) is 0 Å². The van der Waals surface area contributed by atoms with E-state index in [1.165, 1.54) is 56.9 Å². The molecule has 2 bridgehead atoms. The third kappa shape index (κ3) is 6.29. The zero-order valence-corrected chi connectivity index (χ0v) is 21.4. The van der Waals surface area contributed by atoms with Gasteiger partial charge in [-0.15, -0.1) is 0 Å². The van der Waals surface area contributed by atoms with Crippen molar-refractivity contribution in [2.45, 2.75) is 108 Å². The first-order valence-corrected chi connectivity index (χ1v) is 14.2. The maximum atomic E-state index is 11.1. The van der Waals surface area contributed by atoms with Gasteiger partial charge in [-0.3, -0.25) is 4.79 Å². The predicted molar refractivity (Wildman–Crippen MR) is 141 cm³/mol. The molecule has 3 aliphatic rings. The van der Waals surface area contributed by atoms with Crippen LogP contribution in [0.5, 0.6) is 0 Å². The van der Waals surface area contributed by atoms with Crippen LogP contribution < -0.4 is 0 Å². The molecule has 1 N–H and O–H groups in total. The molecule has 2 saturated heterocycles. The second kappa shape index (κ2) is 12.2. The highest BCUT2D eigenvalue weighted by molar-refractivity contribution is 5.67. The molecular weight excluding hydrogens is 450 g/mol. The summed E-state index contributed by atoms with van der Waals surface area (Å²) >= 11 is 0. The smallest absolute Gasteiger partial charge is 0.303 e. The molecule has 0 amide bonds. The molecule has 194 valence electrons. The van der Waals surface area contributed by atoms with Crippen molar-refractivity contribution < 1.29 is 19.1 Å². The zero-order chi connectivity index (χ0) is 24.7. The maximum absolute atomic E-state index is 11.1. The van der Waals surface area contributed by atoms with Gasteiger partial charge in [-0.1, -0.05) is 75.3 Å². The lowest BCUT2D eigenvalue weighted by molar-refractivity contribution is -0.136. The lowest BCUT2D eigenvalue weighted by atomic mass is 9.75. The largest absolute Gasteiger partial charge is 0.481 e. The Morgan fingerprint density at radius 2 is 1.83 bits per heavy atom. The van der Waals surface area contributed by atoms with Gasteiger partial charge in [-0.25, -0.2) is 4.98 Å². The summed E-state index contributed by atoms with van der Waals surface area (Å²) in [5, 5.41) is 9.14. The number of allylic oxidation sites excluding steroid dienone is 1. The Bertz CT molecular complexity index is 1020. The fraction of sp³-hybridized carbons (Fsp3) is 0.613. The van der Waals surface area contributed by atoms with Crippen LogP contribution >= 0.6 is 0 Å². The third-order valence-electron chi connectivity index (χ3n) is 8.68. The molecule has 3 heterocycles. The van der Waals surface area contributed by atoms with Crippen LogP contribution in [0, 0.1) is 11.8 Å². The van der Waals surface area contributed by atoms with Gasteiger partial charge in [-0.2, -0.15) is 0 Å². The lowest BCUT2D eigenvalue weighted by Crippen LogP contribution is -2.28. The molecule has 5 nitrogen and oxygen atoms in total. The fourth-order valence-corrected chi connectivity index (χ4v) is 6.78. The highest BCUT2D eigenvalue weighted by Crippen LogP contribution is 2.50. The van der Waals surface area contributed by atoms with Gasteiger partial charge in [0.2, 0.25) is 5.89 Å². The SMILES string of the molecule is O=C(O)CCc1ccccc1C[C@@H]1[C@H](c2nc(/C=C/CCCCC3CCCCC3)co2)[C@H]2CC[C@@H]1O2. The molecule has 1 saturated carbocycles. The number of aliphatic carboxylic acids is 1. The van der Waals surface area contributed by atoms with Crippen LogP contribution in [0.15, 0.2) is 41.0 Å². The molecule has 0 unspecified atom stereocenters. The zero-order valence-electron chi connectivity index (χ0n) is 21.4. The molecule has 1 aliphatic carbocycles. The van der Waals surface area contributed by atoms with Crippen molar-refractivity contribution in [3.63, 3.8) is 0 Å². The van der Waals surface area contributed by atoms with E-state index in [2.05, 4.69) is 24.3 Å². The summed E-state index contributed by atoms with van der Waals surface area (Å²) in [6.07, 6.45) is 22.5. The van der Waals surface area contributed by atoms with Crippen molar-refractivity contribution in [1.82, 2.24) is 4.98 Å². The Hall–Kier alpha value is -2.40. The normalized spacial score (nSPS) is 26.2. The van der Waals surface area contributed by atoms with Gasteiger partial charge in [0.05, 0.1) is 18.1 Å². The van der Waals surface area contributed by atoms with Crippen LogP contribution in [-0.4, -0.2) is 28.3 Å².